The highest BCUT2D eigenvalue weighted by molar-refractivity contribution is 6.30. The lowest BCUT2D eigenvalue weighted by Gasteiger charge is -2.19. The molecule has 6 nitrogen and oxygen atoms in total. The summed E-state index contributed by atoms with van der Waals surface area (Å²) in [6.45, 7) is 4.39. The first kappa shape index (κ1) is 25.0. The standard InChI is InChI=1S/C27H28ClN3O3/c1-19(2)16-24(30-26(32)21-12-14-23(28)15-13-21)27(33)31-29-17-22-10-6-7-11-25(22)34-18-20-8-4-3-5-9-20/h3-15,17,19,24H,16,18H2,1-2H3,(H,30,32)(H,31,33). The highest BCUT2D eigenvalue weighted by Crippen LogP contribution is 2.17. The number of carbonyl (C=O) groups excluding carboxylic acids is 2. The molecule has 0 aliphatic heterocycles. The Balaban J connectivity index is 1.63. The van der Waals surface area contributed by atoms with Crippen LogP contribution in [0.15, 0.2) is 84.0 Å². The fourth-order valence-electron chi connectivity index (χ4n) is 3.24. The van der Waals surface area contributed by atoms with Crippen LogP contribution in [0.1, 0.15) is 41.8 Å². The van der Waals surface area contributed by atoms with Gasteiger partial charge in [0.15, 0.2) is 0 Å². The van der Waals surface area contributed by atoms with E-state index in [1.165, 1.54) is 6.21 Å². The molecule has 0 bridgehead atoms. The van der Waals surface area contributed by atoms with Crippen molar-refractivity contribution in [3.63, 3.8) is 0 Å². The maximum atomic E-state index is 12.8. The highest BCUT2D eigenvalue weighted by atomic mass is 35.5. The number of nitrogens with zero attached hydrogens (tertiary/aromatic N) is 1. The molecule has 3 rings (SSSR count). The van der Waals surface area contributed by atoms with Gasteiger partial charge >= 0.3 is 0 Å². The number of nitrogens with one attached hydrogen (secondary N) is 2. The van der Waals surface area contributed by atoms with Gasteiger partial charge in [0, 0.05) is 16.1 Å². The van der Waals surface area contributed by atoms with E-state index in [1.807, 2.05) is 68.4 Å². The SMILES string of the molecule is CC(C)CC(NC(=O)c1ccc(Cl)cc1)C(=O)NN=Cc1ccccc1OCc1ccccc1. The third-order valence-electron chi connectivity index (χ3n) is 4.97. The summed E-state index contributed by atoms with van der Waals surface area (Å²) in [5.41, 5.74) is 4.75. The van der Waals surface area contributed by atoms with Crippen molar-refractivity contribution in [2.24, 2.45) is 11.0 Å². The van der Waals surface area contributed by atoms with E-state index in [1.54, 1.807) is 24.3 Å². The van der Waals surface area contributed by atoms with E-state index in [9.17, 15) is 9.59 Å². The summed E-state index contributed by atoms with van der Waals surface area (Å²) in [5, 5.41) is 7.43. The average molecular weight is 478 g/mol. The number of ether oxygens (including phenoxy) is 1. The fraction of sp³-hybridized carbons (Fsp3) is 0.222. The first-order valence-electron chi connectivity index (χ1n) is 11.1. The number of hydrazone groups is 1. The smallest absolute Gasteiger partial charge is 0.262 e. The lowest BCUT2D eigenvalue weighted by Crippen LogP contribution is -2.46. The van der Waals surface area contributed by atoms with Gasteiger partial charge in [-0.15, -0.1) is 0 Å². The zero-order chi connectivity index (χ0) is 24.3. The van der Waals surface area contributed by atoms with E-state index in [-0.39, 0.29) is 11.8 Å². The quantitative estimate of drug-likeness (QED) is 0.310. The molecule has 0 saturated heterocycles. The van der Waals surface area contributed by atoms with E-state index < -0.39 is 11.9 Å². The lowest BCUT2D eigenvalue weighted by molar-refractivity contribution is -0.123. The van der Waals surface area contributed by atoms with Crippen molar-refractivity contribution in [3.8, 4) is 5.75 Å². The van der Waals surface area contributed by atoms with E-state index in [0.717, 1.165) is 11.1 Å². The fourth-order valence-corrected chi connectivity index (χ4v) is 3.37. The third-order valence-corrected chi connectivity index (χ3v) is 5.22. The minimum atomic E-state index is -0.732. The molecule has 0 fully saturated rings. The minimum absolute atomic E-state index is 0.192. The average Bonchev–Trinajstić information content (AvgIpc) is 2.83. The molecule has 7 heteroatoms. The summed E-state index contributed by atoms with van der Waals surface area (Å²) in [7, 11) is 0. The van der Waals surface area contributed by atoms with Gasteiger partial charge < -0.3 is 10.1 Å². The van der Waals surface area contributed by atoms with Crippen molar-refractivity contribution in [3.05, 3.63) is 101 Å². The van der Waals surface area contributed by atoms with Crippen LogP contribution < -0.4 is 15.5 Å². The van der Waals surface area contributed by atoms with Crippen LogP contribution in [0.3, 0.4) is 0 Å². The first-order chi connectivity index (χ1) is 16.4. The topological polar surface area (TPSA) is 79.8 Å². The monoisotopic (exact) mass is 477 g/mol. The molecule has 0 heterocycles. The summed E-state index contributed by atoms with van der Waals surface area (Å²) in [6.07, 6.45) is 2.00. The van der Waals surface area contributed by atoms with Gasteiger partial charge in [-0.2, -0.15) is 5.10 Å². The van der Waals surface area contributed by atoms with E-state index in [2.05, 4.69) is 15.8 Å². The molecule has 176 valence electrons. The van der Waals surface area contributed by atoms with Crippen molar-refractivity contribution in [1.29, 1.82) is 0 Å². The van der Waals surface area contributed by atoms with E-state index in [4.69, 9.17) is 16.3 Å². The Kier molecular flexibility index (Phi) is 9.23. The van der Waals surface area contributed by atoms with Crippen LogP contribution in [0, 0.1) is 5.92 Å². The van der Waals surface area contributed by atoms with Crippen molar-refractivity contribution < 1.29 is 14.3 Å². The minimum Gasteiger partial charge on any atom is -0.488 e. The van der Waals surface area contributed by atoms with Crippen molar-refractivity contribution >= 4 is 29.6 Å². The molecule has 3 aromatic carbocycles. The third kappa shape index (κ3) is 7.74. The zero-order valence-electron chi connectivity index (χ0n) is 19.2. The van der Waals surface area contributed by atoms with Crippen LogP contribution in [0.4, 0.5) is 0 Å². The van der Waals surface area contributed by atoms with E-state index >= 15 is 0 Å². The number of benzene rings is 3. The van der Waals surface area contributed by atoms with E-state index in [0.29, 0.717) is 29.4 Å². The molecule has 0 aromatic heterocycles. The largest absolute Gasteiger partial charge is 0.488 e. The Morgan fingerprint density at radius 1 is 0.971 bits per heavy atom. The Bertz CT molecular complexity index is 1120. The van der Waals surface area contributed by atoms with Crippen LogP contribution in [-0.4, -0.2) is 24.1 Å². The highest BCUT2D eigenvalue weighted by Gasteiger charge is 2.22. The Morgan fingerprint density at radius 3 is 2.35 bits per heavy atom. The summed E-state index contributed by atoms with van der Waals surface area (Å²) in [6, 6.07) is 23.1. The van der Waals surface area contributed by atoms with Crippen molar-refractivity contribution in [1.82, 2.24) is 10.7 Å². The van der Waals surface area contributed by atoms with Gasteiger partial charge in [0.25, 0.3) is 11.8 Å². The predicted octanol–water partition coefficient (Wildman–Crippen LogP) is 5.21. The van der Waals surface area contributed by atoms with Gasteiger partial charge in [-0.3, -0.25) is 9.59 Å². The molecule has 1 unspecified atom stereocenters. The maximum Gasteiger partial charge on any atom is 0.262 e. The molecule has 0 radical (unpaired) electrons. The second kappa shape index (κ2) is 12.6. The molecule has 0 aliphatic rings. The summed E-state index contributed by atoms with van der Waals surface area (Å²) >= 11 is 5.89. The summed E-state index contributed by atoms with van der Waals surface area (Å²) < 4.78 is 5.92. The Hall–Kier alpha value is -3.64. The van der Waals surface area contributed by atoms with Crippen LogP contribution in [-0.2, 0) is 11.4 Å². The Morgan fingerprint density at radius 2 is 1.65 bits per heavy atom. The molecule has 2 amide bonds. The zero-order valence-corrected chi connectivity index (χ0v) is 20.0. The van der Waals surface area contributed by atoms with Crippen LogP contribution in [0.2, 0.25) is 5.02 Å². The number of rotatable bonds is 10. The number of para-hydroxylation sites is 1. The van der Waals surface area contributed by atoms with Gasteiger partial charge in [-0.25, -0.2) is 5.43 Å². The maximum absolute atomic E-state index is 12.8. The second-order valence-electron chi connectivity index (χ2n) is 8.21. The number of hydrogen-bond acceptors (Lipinski definition) is 4. The Labute approximate surface area is 205 Å². The van der Waals surface area contributed by atoms with Crippen LogP contribution >= 0.6 is 11.6 Å². The van der Waals surface area contributed by atoms with Gasteiger partial charge in [0.05, 0.1) is 6.21 Å². The molecule has 2 N–H and O–H groups in total. The molecule has 34 heavy (non-hydrogen) atoms. The van der Waals surface area contributed by atoms with Crippen molar-refractivity contribution in [2.75, 3.05) is 0 Å². The van der Waals surface area contributed by atoms with Gasteiger partial charge in [-0.1, -0.05) is 67.9 Å². The van der Waals surface area contributed by atoms with Crippen molar-refractivity contribution in [2.45, 2.75) is 32.9 Å². The lowest BCUT2D eigenvalue weighted by atomic mass is 10.0. The molecule has 3 aromatic rings. The number of amides is 2. The van der Waals surface area contributed by atoms with Crippen LogP contribution in [0.25, 0.3) is 0 Å². The van der Waals surface area contributed by atoms with Crippen LogP contribution in [0.5, 0.6) is 5.75 Å². The van der Waals surface area contributed by atoms with Gasteiger partial charge in [0.1, 0.15) is 18.4 Å². The first-order valence-corrected chi connectivity index (χ1v) is 11.4. The van der Waals surface area contributed by atoms with Gasteiger partial charge in [-0.05, 0) is 54.3 Å². The van der Waals surface area contributed by atoms with Gasteiger partial charge in [0.2, 0.25) is 0 Å². The molecule has 0 saturated carbocycles. The number of halogens is 1. The molecule has 0 spiro atoms. The second-order valence-corrected chi connectivity index (χ2v) is 8.65. The summed E-state index contributed by atoms with van der Waals surface area (Å²) in [5.74, 6) is 0.104. The number of carbonyl (C=O) groups is 2. The predicted molar refractivity (Wildman–Crippen MR) is 135 cm³/mol. The number of hydrogen-bond donors (Lipinski definition) is 2. The molecule has 1 atom stereocenters. The molecular formula is C27H28ClN3O3. The normalized spacial score (nSPS) is 11.9. The molecule has 0 aliphatic carbocycles. The summed E-state index contributed by atoms with van der Waals surface area (Å²) in [4.78, 5) is 25.4. The molecular weight excluding hydrogens is 450 g/mol.